The Morgan fingerprint density at radius 3 is 2.52 bits per heavy atom. The quantitative estimate of drug-likeness (QED) is 0.897. The van der Waals surface area contributed by atoms with E-state index in [0.29, 0.717) is 0 Å². The minimum absolute atomic E-state index is 0.0267. The molecule has 0 aliphatic rings. The van der Waals surface area contributed by atoms with Crippen LogP contribution in [0, 0.1) is 13.8 Å². The number of rotatable bonds is 5. The second-order valence-electron chi connectivity index (χ2n) is 5.17. The number of aryl methyl sites for hydroxylation is 1. The molecule has 1 unspecified atom stereocenters. The van der Waals surface area contributed by atoms with Crippen molar-refractivity contribution < 1.29 is 4.79 Å². The van der Waals surface area contributed by atoms with E-state index in [4.69, 9.17) is 0 Å². The third-order valence-electron chi connectivity index (χ3n) is 3.56. The minimum atomic E-state index is -0.0267. The number of aromatic nitrogens is 2. The lowest BCUT2D eigenvalue weighted by molar-refractivity contribution is -0.122. The van der Waals surface area contributed by atoms with Gasteiger partial charge in [-0.2, -0.15) is 5.10 Å². The lowest BCUT2D eigenvalue weighted by atomic mass is 10.0. The molecule has 2 rings (SSSR count). The molecule has 1 N–H and O–H groups in total. The minimum Gasteiger partial charge on any atom is -0.348 e. The molecular weight excluding hydrogens is 330 g/mol. The molecule has 2 aromatic rings. The number of benzene rings is 1. The van der Waals surface area contributed by atoms with Crippen molar-refractivity contribution in [1.82, 2.24) is 15.1 Å². The van der Waals surface area contributed by atoms with Crippen molar-refractivity contribution in [3.63, 3.8) is 0 Å². The summed E-state index contributed by atoms with van der Waals surface area (Å²) in [6.07, 6.45) is 2.57. The van der Waals surface area contributed by atoms with Gasteiger partial charge in [0.05, 0.1) is 22.4 Å². The monoisotopic (exact) mass is 349 g/mol. The van der Waals surface area contributed by atoms with E-state index in [2.05, 4.69) is 64.5 Å². The molecule has 4 nitrogen and oxygen atoms in total. The Labute approximate surface area is 133 Å². The van der Waals surface area contributed by atoms with Crippen LogP contribution in [0.2, 0.25) is 0 Å². The second-order valence-corrected chi connectivity index (χ2v) is 6.03. The van der Waals surface area contributed by atoms with E-state index >= 15 is 0 Å². The average molecular weight is 350 g/mol. The van der Waals surface area contributed by atoms with Crippen molar-refractivity contribution in [3.05, 3.63) is 51.8 Å². The Hall–Kier alpha value is -1.62. The average Bonchev–Trinajstić information content (AvgIpc) is 2.78. The van der Waals surface area contributed by atoms with Crippen molar-refractivity contribution in [2.75, 3.05) is 0 Å². The topological polar surface area (TPSA) is 46.9 Å². The molecule has 0 fully saturated rings. The molecule has 0 aliphatic heterocycles. The summed E-state index contributed by atoms with van der Waals surface area (Å²) in [6.45, 7) is 6.30. The second kappa shape index (κ2) is 6.89. The van der Waals surface area contributed by atoms with E-state index in [1.165, 1.54) is 5.56 Å². The van der Waals surface area contributed by atoms with Gasteiger partial charge in [0.25, 0.3) is 0 Å². The standard InChI is InChI=1S/C16H20BrN3O/c1-4-15(13-7-5-11(2)6-8-13)19-16(21)10-20-12(3)14(17)9-18-20/h5-9,15H,4,10H2,1-3H3,(H,19,21). The Balaban J connectivity index is 2.03. The predicted octanol–water partition coefficient (Wildman–Crippen LogP) is 3.53. The molecule has 0 saturated carbocycles. The maximum absolute atomic E-state index is 12.2. The van der Waals surface area contributed by atoms with Gasteiger partial charge < -0.3 is 5.32 Å². The molecule has 1 atom stereocenters. The lowest BCUT2D eigenvalue weighted by Gasteiger charge is -2.18. The number of nitrogens with zero attached hydrogens (tertiary/aromatic N) is 2. The summed E-state index contributed by atoms with van der Waals surface area (Å²) < 4.78 is 2.61. The third-order valence-corrected chi connectivity index (χ3v) is 4.34. The van der Waals surface area contributed by atoms with Crippen LogP contribution in [0.15, 0.2) is 34.9 Å². The zero-order valence-electron chi connectivity index (χ0n) is 12.6. The number of halogens is 1. The summed E-state index contributed by atoms with van der Waals surface area (Å²) in [5.74, 6) is -0.0267. The van der Waals surface area contributed by atoms with E-state index in [1.807, 2.05) is 6.92 Å². The van der Waals surface area contributed by atoms with Gasteiger partial charge in [0.2, 0.25) is 5.91 Å². The number of hydrogen-bond acceptors (Lipinski definition) is 2. The van der Waals surface area contributed by atoms with E-state index in [0.717, 1.165) is 22.2 Å². The van der Waals surface area contributed by atoms with E-state index in [9.17, 15) is 4.79 Å². The highest BCUT2D eigenvalue weighted by Gasteiger charge is 2.14. The molecule has 0 saturated heterocycles. The summed E-state index contributed by atoms with van der Waals surface area (Å²) >= 11 is 3.40. The van der Waals surface area contributed by atoms with Gasteiger partial charge in [-0.3, -0.25) is 9.48 Å². The SMILES string of the molecule is CCC(NC(=O)Cn1ncc(Br)c1C)c1ccc(C)cc1. The first-order chi connectivity index (χ1) is 10.0. The maximum Gasteiger partial charge on any atom is 0.242 e. The zero-order chi connectivity index (χ0) is 15.4. The summed E-state index contributed by atoms with van der Waals surface area (Å²) in [6, 6.07) is 8.31. The van der Waals surface area contributed by atoms with Gasteiger partial charge in [-0.1, -0.05) is 36.8 Å². The largest absolute Gasteiger partial charge is 0.348 e. The van der Waals surface area contributed by atoms with Gasteiger partial charge in [0.15, 0.2) is 0 Å². The van der Waals surface area contributed by atoms with Crippen molar-refractivity contribution in [3.8, 4) is 0 Å². The van der Waals surface area contributed by atoms with Crippen LogP contribution in [0.1, 0.15) is 36.2 Å². The van der Waals surface area contributed by atoms with Crippen LogP contribution in [0.3, 0.4) is 0 Å². The molecule has 0 radical (unpaired) electrons. The van der Waals surface area contributed by atoms with Crippen LogP contribution in [0.4, 0.5) is 0 Å². The van der Waals surface area contributed by atoms with Crippen LogP contribution >= 0.6 is 15.9 Å². The number of amides is 1. The Morgan fingerprint density at radius 1 is 1.33 bits per heavy atom. The van der Waals surface area contributed by atoms with Crippen LogP contribution in [-0.4, -0.2) is 15.7 Å². The van der Waals surface area contributed by atoms with Crippen molar-refractivity contribution >= 4 is 21.8 Å². The van der Waals surface area contributed by atoms with Crippen LogP contribution in [0.25, 0.3) is 0 Å². The van der Waals surface area contributed by atoms with Crippen LogP contribution in [0.5, 0.6) is 0 Å². The molecule has 0 aliphatic carbocycles. The first-order valence-corrected chi connectivity index (χ1v) is 7.84. The third kappa shape index (κ3) is 3.94. The molecule has 1 aromatic carbocycles. The molecule has 5 heteroatoms. The number of hydrogen-bond donors (Lipinski definition) is 1. The first kappa shape index (κ1) is 15.8. The molecule has 1 amide bonds. The van der Waals surface area contributed by atoms with Gasteiger partial charge in [-0.15, -0.1) is 0 Å². The van der Waals surface area contributed by atoms with Crippen molar-refractivity contribution in [1.29, 1.82) is 0 Å². The normalized spacial score (nSPS) is 12.2. The Morgan fingerprint density at radius 2 is 2.00 bits per heavy atom. The smallest absolute Gasteiger partial charge is 0.242 e. The zero-order valence-corrected chi connectivity index (χ0v) is 14.1. The van der Waals surface area contributed by atoms with Gasteiger partial charge >= 0.3 is 0 Å². The molecule has 1 aromatic heterocycles. The van der Waals surface area contributed by atoms with E-state index in [1.54, 1.807) is 10.9 Å². The highest BCUT2D eigenvalue weighted by Crippen LogP contribution is 2.18. The summed E-state index contributed by atoms with van der Waals surface area (Å²) in [5.41, 5.74) is 3.31. The fourth-order valence-corrected chi connectivity index (χ4v) is 2.48. The lowest BCUT2D eigenvalue weighted by Crippen LogP contribution is -2.31. The van der Waals surface area contributed by atoms with Gasteiger partial charge in [-0.05, 0) is 41.8 Å². The van der Waals surface area contributed by atoms with Crippen molar-refractivity contribution in [2.24, 2.45) is 0 Å². The maximum atomic E-state index is 12.2. The summed E-state index contributed by atoms with van der Waals surface area (Å²) in [4.78, 5) is 12.2. The summed E-state index contributed by atoms with van der Waals surface area (Å²) in [5, 5.41) is 7.25. The highest BCUT2D eigenvalue weighted by atomic mass is 79.9. The highest BCUT2D eigenvalue weighted by molar-refractivity contribution is 9.10. The van der Waals surface area contributed by atoms with Crippen LogP contribution in [-0.2, 0) is 11.3 Å². The molecule has 112 valence electrons. The molecule has 0 bridgehead atoms. The number of carbonyl (C=O) groups excluding carboxylic acids is 1. The predicted molar refractivity (Wildman–Crippen MR) is 87.0 cm³/mol. The van der Waals surface area contributed by atoms with E-state index in [-0.39, 0.29) is 18.5 Å². The van der Waals surface area contributed by atoms with Crippen LogP contribution < -0.4 is 5.32 Å². The molecule has 0 spiro atoms. The molecule has 1 heterocycles. The Kier molecular flexibility index (Phi) is 5.17. The molecule has 21 heavy (non-hydrogen) atoms. The number of nitrogens with one attached hydrogen (secondary N) is 1. The Bertz CT molecular complexity index is 619. The molecular formula is C16H20BrN3O. The van der Waals surface area contributed by atoms with Gasteiger partial charge in [0, 0.05) is 0 Å². The van der Waals surface area contributed by atoms with Gasteiger partial charge in [-0.25, -0.2) is 0 Å². The van der Waals surface area contributed by atoms with Crippen molar-refractivity contribution in [2.45, 2.75) is 39.8 Å². The number of carbonyl (C=O) groups is 1. The first-order valence-electron chi connectivity index (χ1n) is 7.05. The van der Waals surface area contributed by atoms with Gasteiger partial charge in [0.1, 0.15) is 6.54 Å². The summed E-state index contributed by atoms with van der Waals surface area (Å²) in [7, 11) is 0. The fourth-order valence-electron chi connectivity index (χ4n) is 2.18. The fraction of sp³-hybridized carbons (Fsp3) is 0.375. The van der Waals surface area contributed by atoms with E-state index < -0.39 is 0 Å².